The molecule has 0 saturated carbocycles. The molecule has 0 aromatic heterocycles. The lowest BCUT2D eigenvalue weighted by Crippen LogP contribution is -2.16. The average Bonchev–Trinajstić information content (AvgIpc) is 2.53. The van der Waals surface area contributed by atoms with Crippen LogP contribution in [-0.4, -0.2) is 24.6 Å². The van der Waals surface area contributed by atoms with Crippen LogP contribution in [0.15, 0.2) is 52.7 Å². The minimum Gasteiger partial charge on any atom is -0.497 e. The summed E-state index contributed by atoms with van der Waals surface area (Å²) in [5.41, 5.74) is 2.17. The number of oxime groups is 1. The zero-order valence-electron chi connectivity index (χ0n) is 13.6. The summed E-state index contributed by atoms with van der Waals surface area (Å²) in [5.74, 6) is 0.138. The Labute approximate surface area is 135 Å². The molecule has 23 heavy (non-hydrogen) atoms. The first kappa shape index (κ1) is 16.7. The summed E-state index contributed by atoms with van der Waals surface area (Å²) in [7, 11) is 1.55. The molecular weight excluding hydrogens is 294 g/mol. The first-order valence-corrected chi connectivity index (χ1v) is 7.30. The van der Waals surface area contributed by atoms with Gasteiger partial charge in [-0.15, -0.1) is 0 Å². The molecule has 0 unspecified atom stereocenters. The molecule has 1 aliphatic rings. The molecule has 0 amide bonds. The first-order valence-electron chi connectivity index (χ1n) is 7.30. The Kier molecular flexibility index (Phi) is 5.11. The van der Waals surface area contributed by atoms with Crippen molar-refractivity contribution in [2.24, 2.45) is 11.1 Å². The van der Waals surface area contributed by atoms with E-state index in [1.54, 1.807) is 44.4 Å². The van der Waals surface area contributed by atoms with Crippen molar-refractivity contribution in [3.63, 3.8) is 0 Å². The van der Waals surface area contributed by atoms with Crippen molar-refractivity contribution in [3.05, 3.63) is 53.1 Å². The summed E-state index contributed by atoms with van der Waals surface area (Å²) in [6, 6.07) is 6.55. The first-order chi connectivity index (χ1) is 10.9. The van der Waals surface area contributed by atoms with Crippen LogP contribution in [0.3, 0.4) is 0 Å². The molecule has 120 valence electrons. The maximum Gasteiger partial charge on any atom is 0.365 e. The molecule has 0 radical (unpaired) electrons. The van der Waals surface area contributed by atoms with Crippen LogP contribution in [0.4, 0.5) is 0 Å². The molecule has 0 bridgehead atoms. The van der Waals surface area contributed by atoms with Crippen molar-refractivity contribution in [1.29, 1.82) is 0 Å². The third kappa shape index (κ3) is 3.94. The van der Waals surface area contributed by atoms with Crippen molar-refractivity contribution in [3.8, 4) is 5.75 Å². The number of hydrogen-bond acceptors (Lipinski definition) is 5. The number of ether oxygens (including phenoxy) is 1. The van der Waals surface area contributed by atoms with Crippen LogP contribution in [0, 0.1) is 5.92 Å². The SMILES string of the molecule is COc1ccc(C(=O)O/N=C2\C=C(C(C)C)C(=O)C=C2C)cc1. The van der Waals surface area contributed by atoms with E-state index in [-0.39, 0.29) is 11.7 Å². The summed E-state index contributed by atoms with van der Waals surface area (Å²) >= 11 is 0. The highest BCUT2D eigenvalue weighted by atomic mass is 16.7. The van der Waals surface area contributed by atoms with Crippen molar-refractivity contribution in [2.45, 2.75) is 20.8 Å². The highest BCUT2D eigenvalue weighted by Gasteiger charge is 2.19. The van der Waals surface area contributed by atoms with E-state index >= 15 is 0 Å². The molecule has 0 spiro atoms. The minimum atomic E-state index is -0.565. The third-order valence-electron chi connectivity index (χ3n) is 3.50. The lowest BCUT2D eigenvalue weighted by atomic mass is 9.90. The number of benzene rings is 1. The van der Waals surface area contributed by atoms with Crippen LogP contribution in [0.25, 0.3) is 0 Å². The maximum atomic E-state index is 12.0. The van der Waals surface area contributed by atoms with E-state index in [1.165, 1.54) is 6.08 Å². The number of carbonyl (C=O) groups is 2. The molecule has 0 N–H and O–H groups in total. The molecule has 1 aromatic carbocycles. The number of methoxy groups -OCH3 is 1. The fourth-order valence-corrected chi connectivity index (χ4v) is 2.11. The Balaban J connectivity index is 2.16. The standard InChI is InChI=1S/C18H19NO4/c1-11(2)15-10-16(12(3)9-17(15)20)19-23-18(21)13-5-7-14(22-4)8-6-13/h5-11H,1-4H3/b19-16+. The Morgan fingerprint density at radius 1 is 1.13 bits per heavy atom. The number of ketones is 1. The van der Waals surface area contributed by atoms with Gasteiger partial charge in [-0.3, -0.25) is 4.79 Å². The molecule has 1 aromatic rings. The van der Waals surface area contributed by atoms with Crippen molar-refractivity contribution in [1.82, 2.24) is 0 Å². The van der Waals surface area contributed by atoms with Gasteiger partial charge in [0.15, 0.2) is 5.78 Å². The predicted octanol–water partition coefficient (Wildman–Crippen LogP) is 3.32. The van der Waals surface area contributed by atoms with Gasteiger partial charge in [0.05, 0.1) is 12.7 Å². The van der Waals surface area contributed by atoms with E-state index in [9.17, 15) is 9.59 Å². The summed E-state index contributed by atoms with van der Waals surface area (Å²) < 4.78 is 5.04. The fourth-order valence-electron chi connectivity index (χ4n) is 2.11. The van der Waals surface area contributed by atoms with Gasteiger partial charge >= 0.3 is 5.97 Å². The van der Waals surface area contributed by atoms with Gasteiger partial charge in [0.25, 0.3) is 0 Å². The van der Waals surface area contributed by atoms with Crippen molar-refractivity contribution < 1.29 is 19.2 Å². The largest absolute Gasteiger partial charge is 0.497 e. The molecule has 0 heterocycles. The van der Waals surface area contributed by atoms with Gasteiger partial charge in [0, 0.05) is 5.57 Å². The molecule has 5 heteroatoms. The van der Waals surface area contributed by atoms with Crippen LogP contribution >= 0.6 is 0 Å². The van der Waals surface area contributed by atoms with Gasteiger partial charge in [-0.05, 0) is 54.8 Å². The number of allylic oxidation sites excluding steroid dienone is 4. The second-order valence-electron chi connectivity index (χ2n) is 5.53. The molecule has 0 aliphatic heterocycles. The minimum absolute atomic E-state index is 0.0297. The molecule has 1 aliphatic carbocycles. The van der Waals surface area contributed by atoms with Crippen LogP contribution < -0.4 is 4.74 Å². The van der Waals surface area contributed by atoms with Crippen LogP contribution in [-0.2, 0) is 9.63 Å². The summed E-state index contributed by atoms with van der Waals surface area (Å²) in [4.78, 5) is 28.9. The number of carbonyl (C=O) groups excluding carboxylic acids is 2. The van der Waals surface area contributed by atoms with Gasteiger partial charge in [-0.2, -0.15) is 0 Å². The highest BCUT2D eigenvalue weighted by Crippen LogP contribution is 2.19. The lowest BCUT2D eigenvalue weighted by molar-refractivity contribution is -0.111. The van der Waals surface area contributed by atoms with E-state index < -0.39 is 5.97 Å². The number of hydrogen-bond donors (Lipinski definition) is 0. The topological polar surface area (TPSA) is 65.0 Å². The van der Waals surface area contributed by atoms with Crippen LogP contribution in [0.2, 0.25) is 0 Å². The second kappa shape index (κ2) is 7.05. The van der Waals surface area contributed by atoms with Gasteiger partial charge in [0.1, 0.15) is 11.5 Å². The van der Waals surface area contributed by atoms with Gasteiger partial charge in [-0.1, -0.05) is 19.0 Å². The van der Waals surface area contributed by atoms with Crippen LogP contribution in [0.1, 0.15) is 31.1 Å². The Bertz CT molecular complexity index is 709. The summed E-state index contributed by atoms with van der Waals surface area (Å²) in [5, 5.41) is 3.89. The van der Waals surface area contributed by atoms with Gasteiger partial charge in [0.2, 0.25) is 0 Å². The molecule has 0 atom stereocenters. The summed E-state index contributed by atoms with van der Waals surface area (Å²) in [6.45, 7) is 5.62. The summed E-state index contributed by atoms with van der Waals surface area (Å²) in [6.07, 6.45) is 3.18. The molecule has 5 nitrogen and oxygen atoms in total. The van der Waals surface area contributed by atoms with E-state index in [1.807, 2.05) is 13.8 Å². The van der Waals surface area contributed by atoms with Crippen molar-refractivity contribution >= 4 is 17.5 Å². The van der Waals surface area contributed by atoms with Gasteiger partial charge < -0.3 is 9.57 Å². The number of rotatable bonds is 4. The van der Waals surface area contributed by atoms with E-state index in [2.05, 4.69) is 5.16 Å². The quantitative estimate of drug-likeness (QED) is 0.486. The fraction of sp³-hybridized carbons (Fsp3) is 0.278. The average molecular weight is 313 g/mol. The lowest BCUT2D eigenvalue weighted by Gasteiger charge is -2.14. The Morgan fingerprint density at radius 3 is 2.35 bits per heavy atom. The van der Waals surface area contributed by atoms with E-state index in [0.29, 0.717) is 28.2 Å². The maximum absolute atomic E-state index is 12.0. The zero-order chi connectivity index (χ0) is 17.0. The van der Waals surface area contributed by atoms with E-state index in [0.717, 1.165) is 0 Å². The highest BCUT2D eigenvalue weighted by molar-refractivity contribution is 6.21. The van der Waals surface area contributed by atoms with Gasteiger partial charge in [-0.25, -0.2) is 4.79 Å². The van der Waals surface area contributed by atoms with Crippen LogP contribution in [0.5, 0.6) is 5.75 Å². The second-order valence-corrected chi connectivity index (χ2v) is 5.53. The number of nitrogens with zero attached hydrogens (tertiary/aromatic N) is 1. The molecular formula is C18H19NO4. The zero-order valence-corrected chi connectivity index (χ0v) is 13.6. The molecule has 0 fully saturated rings. The van der Waals surface area contributed by atoms with E-state index in [4.69, 9.17) is 9.57 Å². The van der Waals surface area contributed by atoms with Crippen molar-refractivity contribution in [2.75, 3.05) is 7.11 Å². The Morgan fingerprint density at radius 2 is 1.78 bits per heavy atom. The monoisotopic (exact) mass is 313 g/mol. The third-order valence-corrected chi connectivity index (χ3v) is 3.50. The molecule has 2 rings (SSSR count). The smallest absolute Gasteiger partial charge is 0.365 e. The predicted molar refractivity (Wildman–Crippen MR) is 87.5 cm³/mol. The normalized spacial score (nSPS) is 16.2. The molecule has 0 saturated heterocycles. The Hall–Kier alpha value is -2.69.